The lowest BCUT2D eigenvalue weighted by Crippen LogP contribution is -2.53. The molecule has 0 amide bonds. The Bertz CT molecular complexity index is 590. The molecule has 0 aromatic heterocycles. The fraction of sp³-hybridized carbons (Fsp3) is 0.667. The quantitative estimate of drug-likeness (QED) is 0.525. The fourth-order valence-corrected chi connectivity index (χ4v) is 4.71. The maximum Gasteiger partial charge on any atom is 0.305 e. The van der Waals surface area contributed by atoms with Crippen molar-refractivity contribution in [3.8, 4) is 0 Å². The average Bonchev–Trinajstić information content (AvgIpc) is 2.73. The molecule has 2 atom stereocenters. The van der Waals surface area contributed by atoms with Crippen LogP contribution in [0.15, 0.2) is 29.2 Å². The van der Waals surface area contributed by atoms with Gasteiger partial charge >= 0.3 is 5.97 Å². The molecule has 0 spiro atoms. The molecule has 2 aliphatic rings. The number of esters is 1. The van der Waals surface area contributed by atoms with Crippen molar-refractivity contribution >= 4 is 17.7 Å². The predicted molar refractivity (Wildman–Crippen MR) is 109 cm³/mol. The van der Waals surface area contributed by atoms with E-state index < -0.39 is 0 Å². The fourth-order valence-electron chi connectivity index (χ4n) is 4.31. The molecule has 2 aliphatic heterocycles. The van der Waals surface area contributed by atoms with Gasteiger partial charge in [0.1, 0.15) is 0 Å². The van der Waals surface area contributed by atoms with E-state index in [1.54, 1.807) is 11.8 Å². The highest BCUT2D eigenvalue weighted by Gasteiger charge is 2.34. The first kappa shape index (κ1) is 20.6. The molecule has 6 heteroatoms. The Balaban J connectivity index is 1.61. The van der Waals surface area contributed by atoms with Gasteiger partial charge in [0, 0.05) is 43.5 Å². The van der Waals surface area contributed by atoms with Crippen LogP contribution in [-0.2, 0) is 20.8 Å². The second-order valence-electron chi connectivity index (χ2n) is 7.46. The standard InChI is InChI=1S/C21H32N2O3S/c1-25-21(24)8-5-18-16-22(15-17-3-6-19(27-2)7-4-17)10-9-20(18)23-11-13-26-14-12-23/h3-4,6-7,18,20H,5,8-16H2,1-2H3/t18-,20+/m1/s1. The van der Waals surface area contributed by atoms with Crippen molar-refractivity contribution in [2.75, 3.05) is 52.8 Å². The van der Waals surface area contributed by atoms with E-state index in [9.17, 15) is 4.79 Å². The van der Waals surface area contributed by atoms with Crippen LogP contribution in [0.2, 0.25) is 0 Å². The number of piperidine rings is 1. The number of thioether (sulfide) groups is 1. The summed E-state index contributed by atoms with van der Waals surface area (Å²) in [5.74, 6) is 0.405. The average molecular weight is 393 g/mol. The zero-order valence-corrected chi connectivity index (χ0v) is 17.4. The number of methoxy groups -OCH3 is 1. The van der Waals surface area contributed by atoms with Gasteiger partial charge in [0.05, 0.1) is 20.3 Å². The molecule has 1 aromatic carbocycles. The van der Waals surface area contributed by atoms with Crippen molar-refractivity contribution in [2.45, 2.75) is 36.7 Å². The number of hydrogen-bond acceptors (Lipinski definition) is 6. The lowest BCUT2D eigenvalue weighted by atomic mass is 9.86. The molecule has 150 valence electrons. The lowest BCUT2D eigenvalue weighted by Gasteiger charge is -2.45. The van der Waals surface area contributed by atoms with E-state index in [4.69, 9.17) is 9.47 Å². The Kier molecular flexibility index (Phi) is 8.00. The molecule has 3 rings (SSSR count). The van der Waals surface area contributed by atoms with Crippen molar-refractivity contribution in [1.82, 2.24) is 9.80 Å². The van der Waals surface area contributed by atoms with Crippen molar-refractivity contribution in [3.63, 3.8) is 0 Å². The van der Waals surface area contributed by atoms with E-state index in [1.807, 2.05) is 0 Å². The number of carbonyl (C=O) groups excluding carboxylic acids is 1. The molecular weight excluding hydrogens is 360 g/mol. The summed E-state index contributed by atoms with van der Waals surface area (Å²) in [6, 6.07) is 9.44. The van der Waals surface area contributed by atoms with Crippen LogP contribution in [0, 0.1) is 5.92 Å². The molecule has 2 heterocycles. The van der Waals surface area contributed by atoms with Gasteiger partial charge < -0.3 is 9.47 Å². The lowest BCUT2D eigenvalue weighted by molar-refractivity contribution is -0.141. The Labute approximate surface area is 167 Å². The molecule has 2 saturated heterocycles. The first-order valence-electron chi connectivity index (χ1n) is 9.93. The first-order chi connectivity index (χ1) is 13.2. The minimum Gasteiger partial charge on any atom is -0.469 e. The van der Waals surface area contributed by atoms with Gasteiger partial charge in [-0.2, -0.15) is 0 Å². The van der Waals surface area contributed by atoms with Gasteiger partial charge in [0.15, 0.2) is 0 Å². The minimum absolute atomic E-state index is 0.0968. The molecule has 0 unspecified atom stereocenters. The van der Waals surface area contributed by atoms with Gasteiger partial charge in [-0.05, 0) is 49.3 Å². The van der Waals surface area contributed by atoms with Gasteiger partial charge in [-0.15, -0.1) is 11.8 Å². The Hall–Kier alpha value is -1.08. The smallest absolute Gasteiger partial charge is 0.305 e. The highest BCUT2D eigenvalue weighted by molar-refractivity contribution is 7.98. The molecule has 5 nitrogen and oxygen atoms in total. The number of ether oxygens (including phenoxy) is 2. The number of carbonyl (C=O) groups is 1. The van der Waals surface area contributed by atoms with Crippen molar-refractivity contribution < 1.29 is 14.3 Å². The van der Waals surface area contributed by atoms with Crippen LogP contribution < -0.4 is 0 Å². The van der Waals surface area contributed by atoms with Crippen LogP contribution in [-0.4, -0.2) is 74.6 Å². The van der Waals surface area contributed by atoms with Crippen molar-refractivity contribution in [2.24, 2.45) is 5.92 Å². The highest BCUT2D eigenvalue weighted by atomic mass is 32.2. The maximum absolute atomic E-state index is 11.7. The molecule has 1 aromatic rings. The van der Waals surface area contributed by atoms with Crippen LogP contribution >= 0.6 is 11.8 Å². The van der Waals surface area contributed by atoms with Gasteiger partial charge in [-0.3, -0.25) is 14.6 Å². The topological polar surface area (TPSA) is 42.0 Å². The first-order valence-corrected chi connectivity index (χ1v) is 11.2. The molecule has 27 heavy (non-hydrogen) atoms. The number of hydrogen-bond donors (Lipinski definition) is 0. The molecule has 2 fully saturated rings. The number of morpholine rings is 1. The Morgan fingerprint density at radius 2 is 1.96 bits per heavy atom. The minimum atomic E-state index is -0.0968. The normalized spacial score (nSPS) is 24.7. The highest BCUT2D eigenvalue weighted by Crippen LogP contribution is 2.28. The molecular formula is C21H32N2O3S. The third-order valence-electron chi connectivity index (χ3n) is 5.80. The summed E-state index contributed by atoms with van der Waals surface area (Å²) in [5, 5.41) is 0. The predicted octanol–water partition coefficient (Wildman–Crippen LogP) is 2.88. The molecule has 0 bridgehead atoms. The van der Waals surface area contributed by atoms with Gasteiger partial charge in [-0.1, -0.05) is 12.1 Å². The zero-order valence-electron chi connectivity index (χ0n) is 16.6. The van der Waals surface area contributed by atoms with E-state index in [0.717, 1.165) is 58.8 Å². The van der Waals surface area contributed by atoms with E-state index >= 15 is 0 Å². The molecule has 0 radical (unpaired) electrons. The number of nitrogens with zero attached hydrogens (tertiary/aromatic N) is 2. The van der Waals surface area contributed by atoms with Crippen LogP contribution in [0.3, 0.4) is 0 Å². The summed E-state index contributed by atoms with van der Waals surface area (Å²) in [7, 11) is 1.48. The zero-order chi connectivity index (χ0) is 19.1. The van der Waals surface area contributed by atoms with Crippen LogP contribution in [0.1, 0.15) is 24.8 Å². The Morgan fingerprint density at radius 1 is 1.22 bits per heavy atom. The van der Waals surface area contributed by atoms with Gasteiger partial charge in [-0.25, -0.2) is 0 Å². The molecule has 0 N–H and O–H groups in total. The molecule has 0 aliphatic carbocycles. The summed E-state index contributed by atoms with van der Waals surface area (Å²) < 4.78 is 10.4. The van der Waals surface area contributed by atoms with E-state index in [0.29, 0.717) is 18.4 Å². The number of likely N-dealkylation sites (tertiary alicyclic amines) is 1. The van der Waals surface area contributed by atoms with Gasteiger partial charge in [0.2, 0.25) is 0 Å². The monoisotopic (exact) mass is 392 g/mol. The van der Waals surface area contributed by atoms with E-state index in [-0.39, 0.29) is 5.97 Å². The Morgan fingerprint density at radius 3 is 2.63 bits per heavy atom. The van der Waals surface area contributed by atoms with Crippen LogP contribution in [0.5, 0.6) is 0 Å². The summed E-state index contributed by atoms with van der Waals surface area (Å²) in [6.45, 7) is 6.81. The third kappa shape index (κ3) is 5.95. The van der Waals surface area contributed by atoms with Gasteiger partial charge in [0.25, 0.3) is 0 Å². The third-order valence-corrected chi connectivity index (χ3v) is 6.55. The van der Waals surface area contributed by atoms with Crippen molar-refractivity contribution in [3.05, 3.63) is 29.8 Å². The maximum atomic E-state index is 11.7. The molecule has 0 saturated carbocycles. The SMILES string of the molecule is COC(=O)CC[C@@H]1CN(Cc2ccc(SC)cc2)CC[C@@H]1N1CCOCC1. The number of benzene rings is 1. The van der Waals surface area contributed by atoms with Crippen LogP contribution in [0.4, 0.5) is 0 Å². The summed E-state index contributed by atoms with van der Waals surface area (Å²) in [6.07, 6.45) is 4.68. The second kappa shape index (κ2) is 10.5. The largest absolute Gasteiger partial charge is 0.469 e. The summed E-state index contributed by atoms with van der Waals surface area (Å²) in [4.78, 5) is 18.1. The summed E-state index contributed by atoms with van der Waals surface area (Å²) >= 11 is 1.78. The second-order valence-corrected chi connectivity index (χ2v) is 8.34. The summed E-state index contributed by atoms with van der Waals surface area (Å²) in [5.41, 5.74) is 1.37. The van der Waals surface area contributed by atoms with E-state index in [2.05, 4.69) is 40.3 Å². The number of rotatable bonds is 7. The van der Waals surface area contributed by atoms with Crippen molar-refractivity contribution in [1.29, 1.82) is 0 Å². The van der Waals surface area contributed by atoms with E-state index in [1.165, 1.54) is 17.6 Å². The van der Waals surface area contributed by atoms with Crippen LogP contribution in [0.25, 0.3) is 0 Å².